The van der Waals surface area contributed by atoms with Crippen molar-refractivity contribution in [2.75, 3.05) is 16.6 Å². The molecule has 8 heteroatoms. The van der Waals surface area contributed by atoms with Crippen molar-refractivity contribution >= 4 is 43.6 Å². The van der Waals surface area contributed by atoms with Gasteiger partial charge in [-0.1, -0.05) is 28.1 Å². The summed E-state index contributed by atoms with van der Waals surface area (Å²) >= 11 is 3.32. The third-order valence-electron chi connectivity index (χ3n) is 4.17. The molecule has 2 aromatic rings. The van der Waals surface area contributed by atoms with Crippen molar-refractivity contribution in [1.82, 2.24) is 5.32 Å². The second kappa shape index (κ2) is 8.22. The zero-order chi connectivity index (χ0) is 19.4. The molecule has 0 radical (unpaired) electrons. The number of amides is 1. The minimum Gasteiger partial charge on any atom is -0.348 e. The van der Waals surface area contributed by atoms with E-state index in [4.69, 9.17) is 0 Å². The summed E-state index contributed by atoms with van der Waals surface area (Å²) in [4.78, 5) is 12.0. The van der Waals surface area contributed by atoms with Crippen LogP contribution in [-0.2, 0) is 21.4 Å². The van der Waals surface area contributed by atoms with E-state index in [2.05, 4.69) is 21.2 Å². The minimum atomic E-state index is -3.20. The molecule has 27 heavy (non-hydrogen) atoms. The van der Waals surface area contributed by atoms with Gasteiger partial charge in [0.1, 0.15) is 5.82 Å². The molecule has 0 aromatic heterocycles. The van der Waals surface area contributed by atoms with Crippen LogP contribution in [0.2, 0.25) is 0 Å². The Labute approximate surface area is 166 Å². The standard InChI is InChI=1S/C19H18BrFN2O3S/c20-18-8-5-16(21)12-15(18)13-22-19(24)9-4-14-2-6-17(7-3-14)23-10-1-11-27(23,25)26/h2-9,12H,1,10-11,13H2,(H,22,24)/b9-4+. The lowest BCUT2D eigenvalue weighted by molar-refractivity contribution is -0.116. The van der Waals surface area contributed by atoms with Gasteiger partial charge in [-0.15, -0.1) is 0 Å². The summed E-state index contributed by atoms with van der Waals surface area (Å²) < 4.78 is 39.2. The van der Waals surface area contributed by atoms with E-state index < -0.39 is 10.0 Å². The minimum absolute atomic E-state index is 0.177. The van der Waals surface area contributed by atoms with Gasteiger partial charge in [-0.3, -0.25) is 9.10 Å². The number of nitrogens with zero attached hydrogens (tertiary/aromatic N) is 1. The molecule has 1 saturated heterocycles. The molecule has 0 aliphatic carbocycles. The number of nitrogens with one attached hydrogen (secondary N) is 1. The first-order valence-electron chi connectivity index (χ1n) is 8.35. The van der Waals surface area contributed by atoms with Crippen molar-refractivity contribution in [2.45, 2.75) is 13.0 Å². The van der Waals surface area contributed by atoms with Gasteiger partial charge in [-0.05, 0) is 54.0 Å². The lowest BCUT2D eigenvalue weighted by Crippen LogP contribution is -2.24. The Bertz CT molecular complexity index is 975. The van der Waals surface area contributed by atoms with Gasteiger partial charge >= 0.3 is 0 Å². The largest absolute Gasteiger partial charge is 0.348 e. The highest BCUT2D eigenvalue weighted by atomic mass is 79.9. The highest BCUT2D eigenvalue weighted by Gasteiger charge is 2.28. The van der Waals surface area contributed by atoms with E-state index >= 15 is 0 Å². The van der Waals surface area contributed by atoms with Gasteiger partial charge in [0.05, 0.1) is 11.4 Å². The Morgan fingerprint density at radius 3 is 2.63 bits per heavy atom. The van der Waals surface area contributed by atoms with Gasteiger partial charge in [0.2, 0.25) is 15.9 Å². The van der Waals surface area contributed by atoms with Gasteiger partial charge in [0, 0.05) is 23.6 Å². The normalized spacial score (nSPS) is 16.0. The van der Waals surface area contributed by atoms with E-state index in [1.807, 2.05) is 0 Å². The molecule has 1 amide bonds. The Morgan fingerprint density at radius 1 is 1.22 bits per heavy atom. The molecule has 0 atom stereocenters. The van der Waals surface area contributed by atoms with Crippen molar-refractivity contribution in [2.24, 2.45) is 0 Å². The fraction of sp³-hybridized carbons (Fsp3) is 0.211. The van der Waals surface area contributed by atoms with E-state index in [9.17, 15) is 17.6 Å². The average molecular weight is 453 g/mol. The zero-order valence-electron chi connectivity index (χ0n) is 14.4. The van der Waals surface area contributed by atoms with E-state index in [-0.39, 0.29) is 24.0 Å². The van der Waals surface area contributed by atoms with Crippen LogP contribution in [0.1, 0.15) is 17.5 Å². The smallest absolute Gasteiger partial charge is 0.244 e. The fourth-order valence-electron chi connectivity index (χ4n) is 2.77. The first-order valence-corrected chi connectivity index (χ1v) is 10.8. The molecular formula is C19H18BrFN2O3S. The molecule has 1 fully saturated rings. The number of sulfonamides is 1. The topological polar surface area (TPSA) is 66.5 Å². The van der Waals surface area contributed by atoms with E-state index in [1.165, 1.54) is 22.5 Å². The van der Waals surface area contributed by atoms with Crippen LogP contribution in [0.15, 0.2) is 53.0 Å². The predicted octanol–water partition coefficient (Wildman–Crippen LogP) is 3.46. The molecule has 5 nitrogen and oxygen atoms in total. The summed E-state index contributed by atoms with van der Waals surface area (Å²) in [5.41, 5.74) is 2.05. The van der Waals surface area contributed by atoms with Crippen LogP contribution >= 0.6 is 15.9 Å². The first kappa shape index (κ1) is 19.6. The Morgan fingerprint density at radius 2 is 1.96 bits per heavy atom. The van der Waals surface area contributed by atoms with Gasteiger partial charge < -0.3 is 5.32 Å². The summed E-state index contributed by atoms with van der Waals surface area (Å²) in [6.07, 6.45) is 3.65. The summed E-state index contributed by atoms with van der Waals surface area (Å²) in [6, 6.07) is 11.3. The number of hydrogen-bond donors (Lipinski definition) is 1. The fourth-order valence-corrected chi connectivity index (χ4v) is 4.72. The van der Waals surface area contributed by atoms with Crippen LogP contribution in [0.5, 0.6) is 0 Å². The molecule has 1 aliphatic rings. The molecule has 1 N–H and O–H groups in total. The number of rotatable bonds is 5. The van der Waals surface area contributed by atoms with E-state index in [0.29, 0.717) is 24.2 Å². The molecule has 0 unspecified atom stereocenters. The third-order valence-corrected chi connectivity index (χ3v) is 6.81. The second-order valence-electron chi connectivity index (χ2n) is 6.12. The molecule has 0 bridgehead atoms. The number of carbonyl (C=O) groups excluding carboxylic acids is 1. The van der Waals surface area contributed by atoms with Crippen LogP contribution in [0, 0.1) is 5.82 Å². The van der Waals surface area contributed by atoms with Gasteiger partial charge in [0.25, 0.3) is 0 Å². The zero-order valence-corrected chi connectivity index (χ0v) is 16.8. The number of halogens is 2. The monoisotopic (exact) mass is 452 g/mol. The molecule has 0 saturated carbocycles. The summed E-state index contributed by atoms with van der Waals surface area (Å²) in [7, 11) is -3.20. The molecule has 142 valence electrons. The molecule has 0 spiro atoms. The first-order chi connectivity index (χ1) is 12.8. The summed E-state index contributed by atoms with van der Waals surface area (Å²) in [5, 5.41) is 2.69. The maximum absolute atomic E-state index is 13.2. The summed E-state index contributed by atoms with van der Waals surface area (Å²) in [5.74, 6) is -0.494. The van der Waals surface area contributed by atoms with Crippen molar-refractivity contribution in [3.05, 3.63) is 70.0 Å². The van der Waals surface area contributed by atoms with Crippen LogP contribution in [0.25, 0.3) is 6.08 Å². The molecule has 1 aliphatic heterocycles. The SMILES string of the molecule is O=C(/C=C/c1ccc(N2CCCS2(=O)=O)cc1)NCc1cc(F)ccc1Br. The second-order valence-corrected chi connectivity index (χ2v) is 8.99. The quantitative estimate of drug-likeness (QED) is 0.706. The van der Waals surface area contributed by atoms with Crippen LogP contribution < -0.4 is 9.62 Å². The number of carbonyl (C=O) groups is 1. The predicted molar refractivity (Wildman–Crippen MR) is 107 cm³/mol. The van der Waals surface area contributed by atoms with Crippen molar-refractivity contribution in [3.8, 4) is 0 Å². The molecular weight excluding hydrogens is 435 g/mol. The van der Waals surface area contributed by atoms with Crippen molar-refractivity contribution in [3.63, 3.8) is 0 Å². The van der Waals surface area contributed by atoms with E-state index in [1.54, 1.807) is 36.4 Å². The Balaban J connectivity index is 1.59. The van der Waals surface area contributed by atoms with Crippen molar-refractivity contribution < 1.29 is 17.6 Å². The number of benzene rings is 2. The van der Waals surface area contributed by atoms with E-state index in [0.717, 1.165) is 10.0 Å². The molecule has 1 heterocycles. The van der Waals surface area contributed by atoms with Gasteiger partial charge in [0.15, 0.2) is 0 Å². The molecule has 2 aromatic carbocycles. The average Bonchev–Trinajstić information content (AvgIpc) is 3.00. The van der Waals surface area contributed by atoms with Crippen LogP contribution in [-0.4, -0.2) is 26.6 Å². The Kier molecular flexibility index (Phi) is 5.96. The number of hydrogen-bond acceptors (Lipinski definition) is 3. The highest BCUT2D eigenvalue weighted by Crippen LogP contribution is 2.24. The highest BCUT2D eigenvalue weighted by molar-refractivity contribution is 9.10. The van der Waals surface area contributed by atoms with Crippen LogP contribution in [0.4, 0.5) is 10.1 Å². The Hall–Kier alpha value is -2.19. The molecule has 3 rings (SSSR count). The van der Waals surface area contributed by atoms with Gasteiger partial charge in [-0.25, -0.2) is 12.8 Å². The maximum Gasteiger partial charge on any atom is 0.244 e. The third kappa shape index (κ3) is 4.95. The maximum atomic E-state index is 13.2. The lowest BCUT2D eigenvalue weighted by atomic mass is 10.2. The van der Waals surface area contributed by atoms with Crippen molar-refractivity contribution in [1.29, 1.82) is 0 Å². The van der Waals surface area contributed by atoms with Gasteiger partial charge in [-0.2, -0.15) is 0 Å². The number of anilines is 1. The lowest BCUT2D eigenvalue weighted by Gasteiger charge is -2.16. The van der Waals surface area contributed by atoms with Crippen LogP contribution in [0.3, 0.4) is 0 Å². The summed E-state index contributed by atoms with van der Waals surface area (Å²) in [6.45, 7) is 0.697.